The van der Waals surface area contributed by atoms with Gasteiger partial charge in [0.25, 0.3) is 0 Å². The molecule has 1 aromatic heterocycles. The SMILES string of the molecule is C[C@@H](Nc1ccc(NC(=O)[C@H]2CCCN(c3cnccn3)C2)cc1Cl)c1ccccc1. The number of carbonyl (C=O) groups is 1. The molecule has 1 saturated heterocycles. The molecular weight excluding hydrogens is 410 g/mol. The number of rotatable bonds is 6. The van der Waals surface area contributed by atoms with Crippen molar-refractivity contribution in [1.82, 2.24) is 9.97 Å². The first kappa shape index (κ1) is 21.1. The molecule has 2 N–H and O–H groups in total. The van der Waals surface area contributed by atoms with E-state index in [4.69, 9.17) is 11.6 Å². The Morgan fingerprint density at radius 3 is 2.77 bits per heavy atom. The van der Waals surface area contributed by atoms with Crippen molar-refractivity contribution >= 4 is 34.7 Å². The third-order valence-corrected chi connectivity index (χ3v) is 5.89. The maximum Gasteiger partial charge on any atom is 0.229 e. The van der Waals surface area contributed by atoms with E-state index in [0.29, 0.717) is 17.3 Å². The van der Waals surface area contributed by atoms with Gasteiger partial charge in [-0.3, -0.25) is 9.78 Å². The van der Waals surface area contributed by atoms with Crippen molar-refractivity contribution in [2.24, 2.45) is 5.92 Å². The molecule has 1 aliphatic rings. The number of hydrogen-bond donors (Lipinski definition) is 2. The van der Waals surface area contributed by atoms with Crippen molar-refractivity contribution < 1.29 is 4.79 Å². The number of benzene rings is 2. The fourth-order valence-electron chi connectivity index (χ4n) is 3.87. The summed E-state index contributed by atoms with van der Waals surface area (Å²) in [7, 11) is 0. The molecule has 3 aromatic rings. The molecule has 31 heavy (non-hydrogen) atoms. The molecule has 0 aliphatic carbocycles. The molecule has 7 heteroatoms. The van der Waals surface area contributed by atoms with E-state index in [1.165, 1.54) is 5.56 Å². The van der Waals surface area contributed by atoms with Crippen molar-refractivity contribution in [2.75, 3.05) is 28.6 Å². The molecule has 2 heterocycles. The second-order valence-electron chi connectivity index (χ2n) is 7.81. The van der Waals surface area contributed by atoms with E-state index in [0.717, 1.165) is 30.9 Å². The predicted molar refractivity (Wildman–Crippen MR) is 126 cm³/mol. The number of nitrogens with zero attached hydrogens (tertiary/aromatic N) is 3. The van der Waals surface area contributed by atoms with Crippen LogP contribution in [0, 0.1) is 5.92 Å². The van der Waals surface area contributed by atoms with Crippen LogP contribution in [0.25, 0.3) is 0 Å². The summed E-state index contributed by atoms with van der Waals surface area (Å²) in [6, 6.07) is 15.9. The van der Waals surface area contributed by atoms with Crippen molar-refractivity contribution in [3.63, 3.8) is 0 Å². The minimum Gasteiger partial charge on any atom is -0.377 e. The van der Waals surface area contributed by atoms with Gasteiger partial charge in [0, 0.05) is 37.2 Å². The van der Waals surface area contributed by atoms with Gasteiger partial charge in [-0.1, -0.05) is 41.9 Å². The number of anilines is 3. The summed E-state index contributed by atoms with van der Waals surface area (Å²) in [5.41, 5.74) is 2.72. The molecule has 0 spiro atoms. The fraction of sp³-hybridized carbons (Fsp3) is 0.292. The summed E-state index contributed by atoms with van der Waals surface area (Å²) < 4.78 is 0. The van der Waals surface area contributed by atoms with Gasteiger partial charge >= 0.3 is 0 Å². The Labute approximate surface area is 187 Å². The molecule has 4 rings (SSSR count). The van der Waals surface area contributed by atoms with E-state index >= 15 is 0 Å². The third-order valence-electron chi connectivity index (χ3n) is 5.57. The first-order valence-corrected chi connectivity index (χ1v) is 10.9. The number of carbonyl (C=O) groups excluding carboxylic acids is 1. The van der Waals surface area contributed by atoms with Crippen molar-refractivity contribution in [3.8, 4) is 0 Å². The molecular formula is C24H26ClN5O. The highest BCUT2D eigenvalue weighted by molar-refractivity contribution is 6.33. The maximum absolute atomic E-state index is 12.9. The van der Waals surface area contributed by atoms with Gasteiger partial charge in [0.05, 0.1) is 22.8 Å². The Kier molecular flexibility index (Phi) is 6.67. The van der Waals surface area contributed by atoms with Gasteiger partial charge in [0.2, 0.25) is 5.91 Å². The van der Waals surface area contributed by atoms with Crippen LogP contribution < -0.4 is 15.5 Å². The van der Waals surface area contributed by atoms with E-state index in [9.17, 15) is 4.79 Å². The van der Waals surface area contributed by atoms with Crippen LogP contribution in [0.5, 0.6) is 0 Å². The van der Waals surface area contributed by atoms with Gasteiger partial charge in [-0.2, -0.15) is 0 Å². The molecule has 2 aromatic carbocycles. The summed E-state index contributed by atoms with van der Waals surface area (Å²) in [6.07, 6.45) is 6.86. The van der Waals surface area contributed by atoms with Crippen LogP contribution >= 0.6 is 11.6 Å². The van der Waals surface area contributed by atoms with Gasteiger partial charge < -0.3 is 15.5 Å². The molecule has 2 atom stereocenters. The maximum atomic E-state index is 12.9. The summed E-state index contributed by atoms with van der Waals surface area (Å²) in [6.45, 7) is 3.61. The quantitative estimate of drug-likeness (QED) is 0.559. The summed E-state index contributed by atoms with van der Waals surface area (Å²) in [4.78, 5) is 23.5. The minimum atomic E-state index is -0.106. The van der Waals surface area contributed by atoms with E-state index in [1.54, 1.807) is 24.7 Å². The van der Waals surface area contributed by atoms with Crippen molar-refractivity contribution in [2.45, 2.75) is 25.8 Å². The Hall–Kier alpha value is -3.12. The van der Waals surface area contributed by atoms with Gasteiger partial charge in [0.15, 0.2) is 0 Å². The third kappa shape index (κ3) is 5.33. The lowest BCUT2D eigenvalue weighted by Crippen LogP contribution is -2.41. The number of halogens is 1. The molecule has 160 valence electrons. The van der Waals surface area contributed by atoms with Crippen molar-refractivity contribution in [1.29, 1.82) is 0 Å². The Bertz CT molecular complexity index is 1010. The molecule has 1 amide bonds. The van der Waals surface area contributed by atoms with Crippen LogP contribution in [0.15, 0.2) is 67.1 Å². The first-order chi connectivity index (χ1) is 15.1. The average Bonchev–Trinajstić information content (AvgIpc) is 2.82. The van der Waals surface area contributed by atoms with Crippen LogP contribution in [0.3, 0.4) is 0 Å². The van der Waals surface area contributed by atoms with Gasteiger partial charge in [0.1, 0.15) is 5.82 Å². The van der Waals surface area contributed by atoms with Crippen molar-refractivity contribution in [3.05, 3.63) is 77.7 Å². The Morgan fingerprint density at radius 2 is 2.03 bits per heavy atom. The number of amides is 1. The molecule has 6 nitrogen and oxygen atoms in total. The summed E-state index contributed by atoms with van der Waals surface area (Å²) >= 11 is 6.50. The number of hydrogen-bond acceptors (Lipinski definition) is 5. The fourth-order valence-corrected chi connectivity index (χ4v) is 4.10. The lowest BCUT2D eigenvalue weighted by atomic mass is 9.97. The van der Waals surface area contributed by atoms with Crippen LogP contribution in [-0.4, -0.2) is 29.0 Å². The number of aromatic nitrogens is 2. The second-order valence-corrected chi connectivity index (χ2v) is 8.22. The zero-order chi connectivity index (χ0) is 21.6. The number of nitrogens with one attached hydrogen (secondary N) is 2. The lowest BCUT2D eigenvalue weighted by molar-refractivity contribution is -0.120. The zero-order valence-electron chi connectivity index (χ0n) is 17.5. The minimum absolute atomic E-state index is 0.00280. The Morgan fingerprint density at radius 1 is 1.19 bits per heavy atom. The molecule has 1 fully saturated rings. The first-order valence-electron chi connectivity index (χ1n) is 10.5. The largest absolute Gasteiger partial charge is 0.377 e. The lowest BCUT2D eigenvalue weighted by Gasteiger charge is -2.32. The molecule has 0 unspecified atom stereocenters. The van der Waals surface area contributed by atoms with E-state index in [-0.39, 0.29) is 17.9 Å². The highest BCUT2D eigenvalue weighted by atomic mass is 35.5. The summed E-state index contributed by atoms with van der Waals surface area (Å²) in [5, 5.41) is 7.03. The molecule has 1 aliphatic heterocycles. The van der Waals surface area contributed by atoms with Crippen LogP contribution in [0.4, 0.5) is 17.2 Å². The van der Waals surface area contributed by atoms with Gasteiger partial charge in [-0.05, 0) is 43.5 Å². The molecule has 0 saturated carbocycles. The smallest absolute Gasteiger partial charge is 0.229 e. The predicted octanol–water partition coefficient (Wildman–Crippen LogP) is 5.16. The number of piperidine rings is 1. The van der Waals surface area contributed by atoms with E-state index < -0.39 is 0 Å². The van der Waals surface area contributed by atoms with Crippen LogP contribution in [0.2, 0.25) is 5.02 Å². The standard InChI is InChI=1S/C24H26ClN5O/c1-17(18-6-3-2-4-7-18)28-22-10-9-20(14-21(22)25)29-24(31)19-8-5-13-30(16-19)23-15-26-11-12-27-23/h2-4,6-7,9-12,14-15,17,19,28H,5,8,13,16H2,1H3,(H,29,31)/t17-,19+/m1/s1. The topological polar surface area (TPSA) is 70.2 Å². The highest BCUT2D eigenvalue weighted by Gasteiger charge is 2.26. The highest BCUT2D eigenvalue weighted by Crippen LogP contribution is 2.30. The van der Waals surface area contributed by atoms with Gasteiger partial charge in [-0.25, -0.2) is 4.98 Å². The second kappa shape index (κ2) is 9.79. The molecule has 0 radical (unpaired) electrons. The van der Waals surface area contributed by atoms with E-state index in [2.05, 4.69) is 44.6 Å². The Balaban J connectivity index is 1.38. The average molecular weight is 436 g/mol. The molecule has 0 bridgehead atoms. The van der Waals surface area contributed by atoms with Crippen LogP contribution in [-0.2, 0) is 4.79 Å². The van der Waals surface area contributed by atoms with Gasteiger partial charge in [-0.15, -0.1) is 0 Å². The zero-order valence-corrected chi connectivity index (χ0v) is 18.2. The normalized spacial score (nSPS) is 17.1. The summed E-state index contributed by atoms with van der Waals surface area (Å²) in [5.74, 6) is 0.708. The van der Waals surface area contributed by atoms with Crippen LogP contribution in [0.1, 0.15) is 31.4 Å². The monoisotopic (exact) mass is 435 g/mol. The van der Waals surface area contributed by atoms with E-state index in [1.807, 2.05) is 30.3 Å².